The van der Waals surface area contributed by atoms with Gasteiger partial charge in [0.2, 0.25) is 5.91 Å². The van der Waals surface area contributed by atoms with Crippen LogP contribution in [0.15, 0.2) is 22.7 Å². The van der Waals surface area contributed by atoms with Gasteiger partial charge in [-0.25, -0.2) is 0 Å². The van der Waals surface area contributed by atoms with Crippen molar-refractivity contribution in [3.05, 3.63) is 28.2 Å². The summed E-state index contributed by atoms with van der Waals surface area (Å²) in [6.07, 6.45) is -4.08. The SMILES string of the molecule is O=C1CC(CCl)CN1c1ccc(C(F)(F)F)c(Br)c1. The molecule has 1 saturated heterocycles. The van der Waals surface area contributed by atoms with Crippen molar-refractivity contribution in [2.24, 2.45) is 5.92 Å². The number of hydrogen-bond donors (Lipinski definition) is 0. The maximum absolute atomic E-state index is 12.6. The molecule has 7 heteroatoms. The van der Waals surface area contributed by atoms with Gasteiger partial charge in [0.05, 0.1) is 5.56 Å². The van der Waals surface area contributed by atoms with Gasteiger partial charge in [0.15, 0.2) is 0 Å². The number of carbonyl (C=O) groups is 1. The molecule has 1 fully saturated rings. The number of nitrogens with zero attached hydrogens (tertiary/aromatic N) is 1. The van der Waals surface area contributed by atoms with Gasteiger partial charge in [-0.05, 0) is 24.1 Å². The van der Waals surface area contributed by atoms with Crippen LogP contribution in [0.5, 0.6) is 0 Å². The van der Waals surface area contributed by atoms with Crippen LogP contribution in [-0.2, 0) is 11.0 Å². The fraction of sp³-hybridized carbons (Fsp3) is 0.417. The van der Waals surface area contributed by atoms with Crippen LogP contribution in [0.4, 0.5) is 18.9 Å². The largest absolute Gasteiger partial charge is 0.417 e. The second-order valence-corrected chi connectivity index (χ2v) is 5.55. The van der Waals surface area contributed by atoms with E-state index in [1.807, 2.05) is 0 Å². The Bertz CT molecular complexity index is 506. The van der Waals surface area contributed by atoms with Crippen LogP contribution in [0.1, 0.15) is 12.0 Å². The summed E-state index contributed by atoms with van der Waals surface area (Å²) in [7, 11) is 0. The normalized spacial score (nSPS) is 20.2. The third-order valence-electron chi connectivity index (χ3n) is 2.99. The molecule has 1 amide bonds. The molecule has 0 saturated carbocycles. The quantitative estimate of drug-likeness (QED) is 0.732. The Balaban J connectivity index is 2.28. The average molecular weight is 357 g/mol. The van der Waals surface area contributed by atoms with Crippen molar-refractivity contribution in [2.45, 2.75) is 12.6 Å². The number of hydrogen-bond acceptors (Lipinski definition) is 1. The molecule has 0 bridgehead atoms. The Morgan fingerprint density at radius 3 is 2.58 bits per heavy atom. The van der Waals surface area contributed by atoms with Crippen LogP contribution in [0.2, 0.25) is 0 Å². The maximum Gasteiger partial charge on any atom is 0.417 e. The molecule has 0 aliphatic carbocycles. The molecule has 1 aliphatic rings. The summed E-state index contributed by atoms with van der Waals surface area (Å²) in [5.74, 6) is 0.303. The molecule has 1 unspecified atom stereocenters. The smallest absolute Gasteiger partial charge is 0.312 e. The second kappa shape index (κ2) is 5.32. The first-order chi connectivity index (χ1) is 8.82. The standard InChI is InChI=1S/C12H10BrClF3NO/c13-10-4-8(1-2-9(10)12(15,16)17)18-6-7(5-14)3-11(18)19/h1-2,4,7H,3,5-6H2. The Morgan fingerprint density at radius 2 is 2.11 bits per heavy atom. The van der Waals surface area contributed by atoms with Crippen molar-refractivity contribution in [3.8, 4) is 0 Å². The lowest BCUT2D eigenvalue weighted by Gasteiger charge is -2.18. The first-order valence-corrected chi connectivity index (χ1v) is 6.88. The van der Waals surface area contributed by atoms with Crippen LogP contribution in [0, 0.1) is 5.92 Å². The molecule has 0 spiro atoms. The second-order valence-electron chi connectivity index (χ2n) is 4.39. The highest BCUT2D eigenvalue weighted by molar-refractivity contribution is 9.10. The van der Waals surface area contributed by atoms with Crippen molar-refractivity contribution >= 4 is 39.1 Å². The van der Waals surface area contributed by atoms with E-state index in [9.17, 15) is 18.0 Å². The molecule has 0 aromatic heterocycles. The topological polar surface area (TPSA) is 20.3 Å². The Morgan fingerprint density at radius 1 is 1.42 bits per heavy atom. The van der Waals surface area contributed by atoms with E-state index in [2.05, 4.69) is 15.9 Å². The minimum atomic E-state index is -4.41. The predicted octanol–water partition coefficient (Wildman–Crippen LogP) is 4.06. The zero-order valence-corrected chi connectivity index (χ0v) is 12.0. The first-order valence-electron chi connectivity index (χ1n) is 5.56. The summed E-state index contributed by atoms with van der Waals surface area (Å²) in [6.45, 7) is 0.445. The van der Waals surface area contributed by atoms with Crippen molar-refractivity contribution in [1.82, 2.24) is 0 Å². The Kier molecular flexibility index (Phi) is 4.11. The lowest BCUT2D eigenvalue weighted by atomic mass is 10.1. The summed E-state index contributed by atoms with van der Waals surface area (Å²) < 4.78 is 37.8. The fourth-order valence-corrected chi connectivity index (χ4v) is 2.83. The van der Waals surface area contributed by atoms with Crippen LogP contribution in [0.25, 0.3) is 0 Å². The molecule has 0 N–H and O–H groups in total. The number of alkyl halides is 4. The van der Waals surface area contributed by atoms with Crippen LogP contribution < -0.4 is 4.90 Å². The highest BCUT2D eigenvalue weighted by Crippen LogP contribution is 2.37. The molecule has 104 valence electrons. The van der Waals surface area contributed by atoms with Crippen molar-refractivity contribution in [1.29, 1.82) is 0 Å². The summed E-state index contributed by atoms with van der Waals surface area (Å²) in [6, 6.07) is 3.60. The van der Waals surface area contributed by atoms with Crippen molar-refractivity contribution in [3.63, 3.8) is 0 Å². The maximum atomic E-state index is 12.6. The highest BCUT2D eigenvalue weighted by Gasteiger charge is 2.34. The summed E-state index contributed by atoms with van der Waals surface area (Å²) >= 11 is 8.60. The third kappa shape index (κ3) is 3.05. The third-order valence-corrected chi connectivity index (χ3v) is 4.09. The van der Waals surface area contributed by atoms with E-state index in [1.54, 1.807) is 0 Å². The van der Waals surface area contributed by atoms with Crippen LogP contribution in [0.3, 0.4) is 0 Å². The Labute approximate surface area is 121 Å². The number of halogens is 5. The van der Waals surface area contributed by atoms with Gasteiger partial charge in [-0.3, -0.25) is 4.79 Å². The van der Waals surface area contributed by atoms with E-state index in [4.69, 9.17) is 11.6 Å². The molecule has 2 rings (SSSR count). The van der Waals surface area contributed by atoms with E-state index in [0.717, 1.165) is 6.07 Å². The lowest BCUT2D eigenvalue weighted by Crippen LogP contribution is -2.24. The molecule has 0 radical (unpaired) electrons. The zero-order valence-electron chi connectivity index (χ0n) is 9.68. The summed E-state index contributed by atoms with van der Waals surface area (Å²) in [5, 5.41) is 0. The van der Waals surface area contributed by atoms with Gasteiger partial charge in [0.1, 0.15) is 0 Å². The van der Waals surface area contributed by atoms with Gasteiger partial charge in [0, 0.05) is 29.0 Å². The van der Waals surface area contributed by atoms with E-state index in [0.29, 0.717) is 24.5 Å². The summed E-state index contributed by atoms with van der Waals surface area (Å²) in [5.41, 5.74) is -0.297. The van der Waals surface area contributed by atoms with Crippen LogP contribution in [-0.4, -0.2) is 18.3 Å². The van der Waals surface area contributed by atoms with E-state index >= 15 is 0 Å². The number of carbonyl (C=O) groups excluding carboxylic acids is 1. The predicted molar refractivity (Wildman–Crippen MR) is 70.3 cm³/mol. The van der Waals surface area contributed by atoms with Gasteiger partial charge in [-0.1, -0.05) is 15.9 Å². The molecule has 1 aromatic rings. The van der Waals surface area contributed by atoms with Gasteiger partial charge < -0.3 is 4.90 Å². The van der Waals surface area contributed by atoms with Crippen LogP contribution >= 0.6 is 27.5 Å². The zero-order chi connectivity index (χ0) is 14.2. The lowest BCUT2D eigenvalue weighted by molar-refractivity contribution is -0.138. The number of rotatable bonds is 2. The number of anilines is 1. The minimum absolute atomic E-state index is 0.0511. The minimum Gasteiger partial charge on any atom is -0.312 e. The van der Waals surface area contributed by atoms with Gasteiger partial charge in [-0.2, -0.15) is 13.2 Å². The molecule has 19 heavy (non-hydrogen) atoms. The molecule has 1 aromatic carbocycles. The number of benzene rings is 1. The molecule has 2 nitrogen and oxygen atoms in total. The molecule has 1 atom stereocenters. The Hall–Kier alpha value is -0.750. The number of amides is 1. The first kappa shape index (κ1) is 14.7. The highest BCUT2D eigenvalue weighted by atomic mass is 79.9. The summed E-state index contributed by atoms with van der Waals surface area (Å²) in [4.78, 5) is 13.2. The van der Waals surface area contributed by atoms with Crippen molar-refractivity contribution in [2.75, 3.05) is 17.3 Å². The fourth-order valence-electron chi connectivity index (χ4n) is 2.04. The van der Waals surface area contributed by atoms with Crippen molar-refractivity contribution < 1.29 is 18.0 Å². The average Bonchev–Trinajstić information content (AvgIpc) is 2.68. The molecule has 1 aliphatic heterocycles. The van der Waals surface area contributed by atoms with E-state index < -0.39 is 11.7 Å². The van der Waals surface area contributed by atoms with Gasteiger partial charge in [0.25, 0.3) is 0 Å². The molecular weight excluding hydrogens is 346 g/mol. The monoisotopic (exact) mass is 355 g/mol. The van der Waals surface area contributed by atoms with E-state index in [-0.39, 0.29) is 16.3 Å². The van der Waals surface area contributed by atoms with Gasteiger partial charge in [-0.15, -0.1) is 11.6 Å². The van der Waals surface area contributed by atoms with E-state index in [1.165, 1.54) is 17.0 Å². The molecule has 1 heterocycles. The molecular formula is C12H10BrClF3NO. The van der Waals surface area contributed by atoms with Gasteiger partial charge >= 0.3 is 6.18 Å².